The lowest BCUT2D eigenvalue weighted by atomic mass is 9.92. The number of amides is 2. The van der Waals surface area contributed by atoms with Crippen molar-refractivity contribution in [1.29, 1.82) is 0 Å². The Labute approximate surface area is 189 Å². The average Bonchev–Trinajstić information content (AvgIpc) is 2.68. The number of nitrogens with one attached hydrogen (secondary N) is 3. The molecule has 0 aromatic heterocycles. The number of carboxylic acids is 1. The van der Waals surface area contributed by atoms with E-state index in [1.54, 1.807) is 50.2 Å². The number of carboxylic acid groups (broad SMARTS) is 1. The van der Waals surface area contributed by atoms with Crippen molar-refractivity contribution in [1.82, 2.24) is 0 Å². The van der Waals surface area contributed by atoms with E-state index >= 15 is 0 Å². The monoisotopic (exact) mass is 461 g/mol. The summed E-state index contributed by atoms with van der Waals surface area (Å²) >= 11 is 12.3. The number of carbonyl (C=O) groups is 3. The minimum Gasteiger partial charge on any atom is -0.480 e. The Bertz CT molecular complexity index is 1070. The van der Waals surface area contributed by atoms with Crippen LogP contribution in [0.4, 0.5) is 17.1 Å². The molecule has 0 aliphatic carbocycles. The molecule has 2 aromatic rings. The first-order chi connectivity index (χ1) is 14.6. The van der Waals surface area contributed by atoms with Crippen molar-refractivity contribution in [2.45, 2.75) is 26.3 Å². The lowest BCUT2D eigenvalue weighted by Crippen LogP contribution is -2.33. The molecule has 0 radical (unpaired) electrons. The van der Waals surface area contributed by atoms with Gasteiger partial charge in [0.15, 0.2) is 0 Å². The van der Waals surface area contributed by atoms with E-state index in [0.29, 0.717) is 38.2 Å². The summed E-state index contributed by atoms with van der Waals surface area (Å²) in [7, 11) is 0. The van der Waals surface area contributed by atoms with Crippen LogP contribution in [0.25, 0.3) is 5.57 Å². The summed E-state index contributed by atoms with van der Waals surface area (Å²) in [5, 5.41) is 18.5. The van der Waals surface area contributed by atoms with E-state index in [1.807, 2.05) is 0 Å². The lowest BCUT2D eigenvalue weighted by Gasteiger charge is -2.27. The highest BCUT2D eigenvalue weighted by molar-refractivity contribution is 6.36. The molecule has 162 valence electrons. The van der Waals surface area contributed by atoms with E-state index in [4.69, 9.17) is 23.2 Å². The predicted octanol–water partition coefficient (Wildman–Crippen LogP) is 4.88. The third-order valence-electron chi connectivity index (χ3n) is 4.68. The molecule has 0 saturated carbocycles. The Morgan fingerprint density at radius 1 is 1.10 bits per heavy atom. The van der Waals surface area contributed by atoms with Gasteiger partial charge in [0.2, 0.25) is 11.8 Å². The number of anilines is 3. The Morgan fingerprint density at radius 2 is 1.71 bits per heavy atom. The van der Waals surface area contributed by atoms with E-state index in [-0.39, 0.29) is 18.2 Å². The van der Waals surface area contributed by atoms with Crippen LogP contribution < -0.4 is 16.0 Å². The fourth-order valence-electron chi connectivity index (χ4n) is 3.11. The van der Waals surface area contributed by atoms with E-state index in [2.05, 4.69) is 16.0 Å². The zero-order chi connectivity index (χ0) is 22.7. The van der Waals surface area contributed by atoms with Gasteiger partial charge < -0.3 is 21.1 Å². The zero-order valence-corrected chi connectivity index (χ0v) is 18.3. The molecule has 2 amide bonds. The number of hydrogen-bond donors (Lipinski definition) is 4. The van der Waals surface area contributed by atoms with Crippen LogP contribution in [0.1, 0.15) is 25.8 Å². The van der Waals surface area contributed by atoms with Crippen molar-refractivity contribution in [3.05, 3.63) is 58.1 Å². The van der Waals surface area contributed by atoms with Gasteiger partial charge >= 0.3 is 5.97 Å². The molecule has 1 aliphatic heterocycles. The molecule has 31 heavy (non-hydrogen) atoms. The summed E-state index contributed by atoms with van der Waals surface area (Å²) in [6.45, 7) is 3.59. The molecule has 1 heterocycles. The molecule has 3 rings (SSSR count). The quantitative estimate of drug-likeness (QED) is 0.474. The van der Waals surface area contributed by atoms with E-state index in [0.717, 1.165) is 0 Å². The van der Waals surface area contributed by atoms with E-state index < -0.39 is 17.9 Å². The fraction of sp³-hybridized carbons (Fsp3) is 0.227. The molecule has 0 spiro atoms. The number of benzene rings is 2. The standard InChI is InChI=1S/C22H21Cl2N3O4/c1-11(2)21(29)26-15-5-3-14(4-6-15)25-19(28)8-12-7-18(22(30)31)27-17-10-13(23)9-16(24)20(12)17/h3-6,8-11,18,27H,7H2,1-2H3,(H,25,28)(H,26,29)(H,30,31). The van der Waals surface area contributed by atoms with Gasteiger partial charge in [-0.15, -0.1) is 0 Å². The number of aliphatic carboxylic acids is 1. The van der Waals surface area contributed by atoms with Crippen molar-refractivity contribution in [2.24, 2.45) is 5.92 Å². The minimum atomic E-state index is -1.05. The van der Waals surface area contributed by atoms with Gasteiger partial charge in [-0.05, 0) is 42.0 Å². The number of hydrogen-bond acceptors (Lipinski definition) is 4. The van der Waals surface area contributed by atoms with Crippen molar-refractivity contribution in [3.8, 4) is 0 Å². The first-order valence-electron chi connectivity index (χ1n) is 9.55. The van der Waals surface area contributed by atoms with Gasteiger partial charge in [0.1, 0.15) is 6.04 Å². The normalized spacial score (nSPS) is 16.4. The minimum absolute atomic E-state index is 0.0806. The Kier molecular flexibility index (Phi) is 6.87. The second-order valence-electron chi connectivity index (χ2n) is 7.43. The summed E-state index contributed by atoms with van der Waals surface area (Å²) in [6.07, 6.45) is 1.42. The van der Waals surface area contributed by atoms with Crippen LogP contribution in [0.15, 0.2) is 42.5 Å². The summed E-state index contributed by atoms with van der Waals surface area (Å²) in [4.78, 5) is 35.9. The molecule has 1 unspecified atom stereocenters. The van der Waals surface area contributed by atoms with Gasteiger partial charge in [-0.1, -0.05) is 37.0 Å². The second-order valence-corrected chi connectivity index (χ2v) is 8.27. The number of rotatable bonds is 5. The summed E-state index contributed by atoms with van der Waals surface area (Å²) in [5.41, 5.74) is 2.64. The van der Waals surface area contributed by atoms with Gasteiger partial charge in [-0.2, -0.15) is 0 Å². The topological polar surface area (TPSA) is 108 Å². The third-order valence-corrected chi connectivity index (χ3v) is 5.19. The van der Waals surface area contributed by atoms with Crippen LogP contribution in [0.5, 0.6) is 0 Å². The lowest BCUT2D eigenvalue weighted by molar-refractivity contribution is -0.137. The van der Waals surface area contributed by atoms with Gasteiger partial charge in [-0.3, -0.25) is 9.59 Å². The summed E-state index contributed by atoms with van der Waals surface area (Å²) in [5.74, 6) is -1.73. The molecule has 7 nitrogen and oxygen atoms in total. The van der Waals surface area contributed by atoms with Crippen LogP contribution in [0, 0.1) is 5.92 Å². The Morgan fingerprint density at radius 3 is 2.29 bits per heavy atom. The molecule has 0 bridgehead atoms. The van der Waals surface area contributed by atoms with Crippen molar-refractivity contribution < 1.29 is 19.5 Å². The second kappa shape index (κ2) is 9.41. The van der Waals surface area contributed by atoms with Crippen molar-refractivity contribution in [3.63, 3.8) is 0 Å². The SMILES string of the molecule is CC(C)C(=O)Nc1ccc(NC(=O)C=C2CC(C(=O)O)Nc3cc(Cl)cc(Cl)c32)cc1. The number of carbonyl (C=O) groups excluding carboxylic acids is 2. The van der Waals surface area contributed by atoms with E-state index in [9.17, 15) is 19.5 Å². The number of fused-ring (bicyclic) bond motifs is 1. The maximum atomic E-state index is 12.6. The van der Waals surface area contributed by atoms with Gasteiger partial charge in [0, 0.05) is 46.1 Å². The maximum absolute atomic E-state index is 12.6. The number of halogens is 2. The van der Waals surface area contributed by atoms with Gasteiger partial charge in [0.25, 0.3) is 0 Å². The van der Waals surface area contributed by atoms with Crippen LogP contribution >= 0.6 is 23.2 Å². The molecule has 4 N–H and O–H groups in total. The van der Waals surface area contributed by atoms with Crippen LogP contribution in [0.2, 0.25) is 10.0 Å². The van der Waals surface area contributed by atoms with Gasteiger partial charge in [-0.25, -0.2) is 4.79 Å². The Hall–Kier alpha value is -3.03. The maximum Gasteiger partial charge on any atom is 0.326 e. The molecule has 0 fully saturated rings. The highest BCUT2D eigenvalue weighted by Gasteiger charge is 2.29. The Balaban J connectivity index is 1.80. The first-order valence-corrected chi connectivity index (χ1v) is 10.3. The molecular formula is C22H21Cl2N3O4. The molecule has 9 heteroatoms. The molecule has 1 aliphatic rings. The van der Waals surface area contributed by atoms with Crippen LogP contribution in [-0.4, -0.2) is 28.9 Å². The van der Waals surface area contributed by atoms with Crippen molar-refractivity contribution in [2.75, 3.05) is 16.0 Å². The van der Waals surface area contributed by atoms with Gasteiger partial charge in [0.05, 0.1) is 5.02 Å². The summed E-state index contributed by atoms with van der Waals surface area (Å²) < 4.78 is 0. The van der Waals surface area contributed by atoms with Crippen molar-refractivity contribution >= 4 is 63.6 Å². The summed E-state index contributed by atoms with van der Waals surface area (Å²) in [6, 6.07) is 8.90. The third kappa shape index (κ3) is 5.57. The molecule has 2 aromatic carbocycles. The fourth-order valence-corrected chi connectivity index (χ4v) is 3.73. The predicted molar refractivity (Wildman–Crippen MR) is 123 cm³/mol. The smallest absolute Gasteiger partial charge is 0.326 e. The first kappa shape index (κ1) is 22.7. The van der Waals surface area contributed by atoms with Crippen LogP contribution in [0.3, 0.4) is 0 Å². The van der Waals surface area contributed by atoms with E-state index in [1.165, 1.54) is 6.08 Å². The molecule has 0 saturated heterocycles. The highest BCUT2D eigenvalue weighted by Crippen LogP contribution is 2.40. The molecule has 1 atom stereocenters. The van der Waals surface area contributed by atoms with Crippen LogP contribution in [-0.2, 0) is 14.4 Å². The molecular weight excluding hydrogens is 441 g/mol. The largest absolute Gasteiger partial charge is 0.480 e. The average molecular weight is 462 g/mol. The highest BCUT2D eigenvalue weighted by atomic mass is 35.5. The zero-order valence-electron chi connectivity index (χ0n) is 16.8.